The van der Waals surface area contributed by atoms with Crippen LogP contribution in [0.4, 0.5) is 0 Å². The lowest BCUT2D eigenvalue weighted by molar-refractivity contribution is 0.0733. The van der Waals surface area contributed by atoms with Crippen LogP contribution in [0.25, 0.3) is 0 Å². The highest BCUT2D eigenvalue weighted by atomic mass is 32.1. The summed E-state index contributed by atoms with van der Waals surface area (Å²) < 4.78 is 5.74. The van der Waals surface area contributed by atoms with Crippen molar-refractivity contribution in [2.45, 2.75) is 51.3 Å². The van der Waals surface area contributed by atoms with Crippen LogP contribution in [0.15, 0.2) is 10.9 Å². The van der Waals surface area contributed by atoms with E-state index in [4.69, 9.17) is 4.74 Å². The number of nitrogens with zero attached hydrogens (tertiary/aromatic N) is 1. The van der Waals surface area contributed by atoms with Crippen LogP contribution in [0.1, 0.15) is 44.8 Å². The van der Waals surface area contributed by atoms with Gasteiger partial charge in [-0.15, -0.1) is 11.3 Å². The lowest BCUT2D eigenvalue weighted by Gasteiger charge is -2.26. The predicted molar refractivity (Wildman–Crippen MR) is 66.7 cm³/mol. The SMILES string of the molecule is CCC(NC(C)c1cscn1)C1CCCO1. The molecule has 0 aliphatic carbocycles. The van der Waals surface area contributed by atoms with Crippen LogP contribution < -0.4 is 5.32 Å². The Hall–Kier alpha value is -0.450. The van der Waals surface area contributed by atoms with Crippen LogP contribution >= 0.6 is 11.3 Å². The minimum absolute atomic E-state index is 0.320. The molecule has 0 bridgehead atoms. The molecule has 1 aliphatic rings. The highest BCUT2D eigenvalue weighted by molar-refractivity contribution is 7.07. The maximum atomic E-state index is 5.74. The Morgan fingerprint density at radius 3 is 3.12 bits per heavy atom. The summed E-state index contributed by atoms with van der Waals surface area (Å²) in [5.74, 6) is 0. The molecule has 3 unspecified atom stereocenters. The Labute approximate surface area is 101 Å². The average molecular weight is 240 g/mol. The van der Waals surface area contributed by atoms with Gasteiger partial charge in [-0.3, -0.25) is 0 Å². The molecule has 0 spiro atoms. The molecule has 2 rings (SSSR count). The minimum Gasteiger partial charge on any atom is -0.377 e. The average Bonchev–Trinajstić information content (AvgIpc) is 2.96. The first-order chi connectivity index (χ1) is 7.81. The van der Waals surface area contributed by atoms with Gasteiger partial charge in [0, 0.05) is 24.1 Å². The topological polar surface area (TPSA) is 34.2 Å². The minimum atomic E-state index is 0.320. The quantitative estimate of drug-likeness (QED) is 0.859. The first-order valence-corrected chi connectivity index (χ1v) is 7.01. The van der Waals surface area contributed by atoms with Gasteiger partial charge < -0.3 is 10.1 Å². The van der Waals surface area contributed by atoms with Crippen LogP contribution in [0.3, 0.4) is 0 Å². The number of nitrogens with one attached hydrogen (secondary N) is 1. The fraction of sp³-hybridized carbons (Fsp3) is 0.750. The summed E-state index contributed by atoms with van der Waals surface area (Å²) in [5.41, 5.74) is 3.03. The van der Waals surface area contributed by atoms with Crippen molar-refractivity contribution in [3.63, 3.8) is 0 Å². The molecule has 90 valence electrons. The van der Waals surface area contributed by atoms with E-state index in [9.17, 15) is 0 Å². The van der Waals surface area contributed by atoms with Gasteiger partial charge in [-0.25, -0.2) is 4.98 Å². The zero-order valence-corrected chi connectivity index (χ0v) is 10.8. The van der Waals surface area contributed by atoms with Crippen LogP contribution in [-0.2, 0) is 4.74 Å². The number of aromatic nitrogens is 1. The molecule has 1 fully saturated rings. The molecular formula is C12H20N2OS. The maximum Gasteiger partial charge on any atom is 0.0795 e. The molecular weight excluding hydrogens is 220 g/mol. The predicted octanol–water partition coefficient (Wildman–Crippen LogP) is 2.75. The Bertz CT molecular complexity index is 296. The molecule has 0 radical (unpaired) electrons. The second-order valence-corrected chi connectivity index (χ2v) is 5.09. The molecule has 1 aromatic rings. The van der Waals surface area contributed by atoms with Gasteiger partial charge >= 0.3 is 0 Å². The Morgan fingerprint density at radius 2 is 2.56 bits per heavy atom. The smallest absolute Gasteiger partial charge is 0.0795 e. The first-order valence-electron chi connectivity index (χ1n) is 6.07. The summed E-state index contributed by atoms with van der Waals surface area (Å²) in [5, 5.41) is 5.74. The molecule has 0 amide bonds. The number of rotatable bonds is 5. The van der Waals surface area contributed by atoms with Gasteiger partial charge in [0.1, 0.15) is 0 Å². The van der Waals surface area contributed by atoms with Crippen LogP contribution in [0.5, 0.6) is 0 Å². The Balaban J connectivity index is 1.90. The molecule has 1 N–H and O–H groups in total. The van der Waals surface area contributed by atoms with E-state index < -0.39 is 0 Å². The molecule has 0 saturated carbocycles. The maximum absolute atomic E-state index is 5.74. The number of thiazole rings is 1. The lowest BCUT2D eigenvalue weighted by atomic mass is 10.0. The molecule has 4 heteroatoms. The van der Waals surface area contributed by atoms with Gasteiger partial charge in [0.15, 0.2) is 0 Å². The Morgan fingerprint density at radius 1 is 1.69 bits per heavy atom. The van der Waals surface area contributed by atoms with Gasteiger partial charge in [-0.05, 0) is 26.2 Å². The van der Waals surface area contributed by atoms with Gasteiger partial charge in [0.05, 0.1) is 17.3 Å². The van der Waals surface area contributed by atoms with E-state index in [1.165, 1.54) is 12.8 Å². The zero-order chi connectivity index (χ0) is 11.4. The van der Waals surface area contributed by atoms with Gasteiger partial charge in [0.2, 0.25) is 0 Å². The van der Waals surface area contributed by atoms with E-state index in [1.807, 2.05) is 5.51 Å². The third-order valence-electron chi connectivity index (χ3n) is 3.21. The van der Waals surface area contributed by atoms with Gasteiger partial charge in [-0.2, -0.15) is 0 Å². The van der Waals surface area contributed by atoms with E-state index in [-0.39, 0.29) is 0 Å². The normalized spacial score (nSPS) is 24.5. The van der Waals surface area contributed by atoms with Crippen molar-refractivity contribution in [1.29, 1.82) is 0 Å². The largest absolute Gasteiger partial charge is 0.377 e. The van der Waals surface area contributed by atoms with Gasteiger partial charge in [0.25, 0.3) is 0 Å². The van der Waals surface area contributed by atoms with Crippen molar-refractivity contribution >= 4 is 11.3 Å². The van der Waals surface area contributed by atoms with Crippen molar-refractivity contribution in [3.05, 3.63) is 16.6 Å². The second-order valence-electron chi connectivity index (χ2n) is 4.37. The van der Waals surface area contributed by atoms with E-state index in [0.29, 0.717) is 18.2 Å². The number of hydrogen-bond acceptors (Lipinski definition) is 4. The van der Waals surface area contributed by atoms with Crippen LogP contribution in [0, 0.1) is 0 Å². The fourth-order valence-electron chi connectivity index (χ4n) is 2.25. The van der Waals surface area contributed by atoms with Crippen molar-refractivity contribution in [2.75, 3.05) is 6.61 Å². The third kappa shape index (κ3) is 2.81. The molecule has 1 aliphatic heterocycles. The van der Waals surface area contributed by atoms with E-state index in [0.717, 1.165) is 18.7 Å². The van der Waals surface area contributed by atoms with Crippen molar-refractivity contribution in [1.82, 2.24) is 10.3 Å². The molecule has 3 nitrogen and oxygen atoms in total. The first kappa shape index (κ1) is 12.0. The molecule has 2 heterocycles. The summed E-state index contributed by atoms with van der Waals surface area (Å²) in [6, 6.07) is 0.777. The zero-order valence-electron chi connectivity index (χ0n) is 9.98. The molecule has 1 saturated heterocycles. The summed E-state index contributed by atoms with van der Waals surface area (Å²) in [6.45, 7) is 5.31. The monoisotopic (exact) mass is 240 g/mol. The van der Waals surface area contributed by atoms with Crippen molar-refractivity contribution in [2.24, 2.45) is 0 Å². The second kappa shape index (κ2) is 5.75. The summed E-state index contributed by atoms with van der Waals surface area (Å²) in [4.78, 5) is 4.35. The lowest BCUT2D eigenvalue weighted by Crippen LogP contribution is -2.40. The Kier molecular flexibility index (Phi) is 4.32. The standard InChI is InChI=1S/C12H20N2OS/c1-3-10(12-5-4-6-15-12)14-9(2)11-7-16-8-13-11/h7-10,12,14H,3-6H2,1-2H3. The van der Waals surface area contributed by atoms with E-state index in [2.05, 4.69) is 29.5 Å². The molecule has 16 heavy (non-hydrogen) atoms. The summed E-state index contributed by atoms with van der Waals surface area (Å²) >= 11 is 1.65. The van der Waals surface area contributed by atoms with Crippen molar-refractivity contribution in [3.8, 4) is 0 Å². The van der Waals surface area contributed by atoms with E-state index in [1.54, 1.807) is 11.3 Å². The fourth-order valence-corrected chi connectivity index (χ4v) is 2.90. The van der Waals surface area contributed by atoms with E-state index >= 15 is 0 Å². The summed E-state index contributed by atoms with van der Waals surface area (Å²) in [6.07, 6.45) is 3.90. The number of hydrogen-bond donors (Lipinski definition) is 1. The van der Waals surface area contributed by atoms with Crippen molar-refractivity contribution < 1.29 is 4.74 Å². The summed E-state index contributed by atoms with van der Waals surface area (Å²) in [7, 11) is 0. The number of ether oxygens (including phenoxy) is 1. The van der Waals surface area contributed by atoms with Crippen LogP contribution in [-0.4, -0.2) is 23.7 Å². The van der Waals surface area contributed by atoms with Crippen LogP contribution in [0.2, 0.25) is 0 Å². The van der Waals surface area contributed by atoms with Gasteiger partial charge in [-0.1, -0.05) is 6.92 Å². The highest BCUT2D eigenvalue weighted by Gasteiger charge is 2.26. The highest BCUT2D eigenvalue weighted by Crippen LogP contribution is 2.21. The molecule has 3 atom stereocenters. The molecule has 0 aromatic carbocycles. The molecule has 1 aromatic heterocycles. The third-order valence-corrected chi connectivity index (χ3v) is 3.82.